The Morgan fingerprint density at radius 2 is 1.54 bits per heavy atom. The smallest absolute Gasteiger partial charge is 0.159 e. The Morgan fingerprint density at radius 3 is 2.12 bits per heavy atom. The molecule has 0 spiro atoms. The summed E-state index contributed by atoms with van der Waals surface area (Å²) in [4.78, 5) is 8.72. The van der Waals surface area contributed by atoms with Crippen LogP contribution < -0.4 is 4.74 Å². The number of hydrogen-bond donors (Lipinski definition) is 0. The molecule has 0 amide bonds. The maximum atomic E-state index is 5.11. The van der Waals surface area contributed by atoms with E-state index in [-0.39, 0.29) is 0 Å². The van der Waals surface area contributed by atoms with Gasteiger partial charge >= 0.3 is 0 Å². The van der Waals surface area contributed by atoms with Gasteiger partial charge in [-0.15, -0.1) is 0 Å². The van der Waals surface area contributed by atoms with Crippen molar-refractivity contribution in [3.63, 3.8) is 0 Å². The zero-order valence-corrected chi connectivity index (χ0v) is 16.3. The fraction of sp³-hybridized carbons (Fsp3) is 0.565. The van der Waals surface area contributed by atoms with Gasteiger partial charge in [0.1, 0.15) is 0 Å². The fourth-order valence-corrected chi connectivity index (χ4v) is 4.06. The fourth-order valence-electron chi connectivity index (χ4n) is 4.06. The Balaban J connectivity index is 1.46. The van der Waals surface area contributed by atoms with Gasteiger partial charge in [0, 0.05) is 5.56 Å². The van der Waals surface area contributed by atoms with Crippen LogP contribution in [0, 0.1) is 11.8 Å². The van der Waals surface area contributed by atoms with E-state index in [1.807, 2.05) is 0 Å². The lowest BCUT2D eigenvalue weighted by Crippen LogP contribution is -2.15. The maximum Gasteiger partial charge on any atom is 0.159 e. The zero-order chi connectivity index (χ0) is 18.2. The molecule has 1 aromatic heterocycles. The highest BCUT2D eigenvalue weighted by Gasteiger charge is 2.20. The zero-order valence-electron chi connectivity index (χ0n) is 16.3. The van der Waals surface area contributed by atoms with Gasteiger partial charge in [-0.05, 0) is 30.2 Å². The van der Waals surface area contributed by atoms with Crippen molar-refractivity contribution in [1.29, 1.82) is 0 Å². The van der Waals surface area contributed by atoms with E-state index in [0.29, 0.717) is 5.75 Å². The molecule has 0 radical (unpaired) electrons. The number of rotatable bonds is 8. The van der Waals surface area contributed by atoms with E-state index in [1.54, 1.807) is 19.5 Å². The average Bonchev–Trinajstić information content (AvgIpc) is 2.72. The predicted molar refractivity (Wildman–Crippen MR) is 107 cm³/mol. The third-order valence-corrected chi connectivity index (χ3v) is 5.85. The summed E-state index contributed by atoms with van der Waals surface area (Å²) in [6.45, 7) is 2.30. The number of ether oxygens (including phenoxy) is 1. The van der Waals surface area contributed by atoms with E-state index in [2.05, 4.69) is 41.2 Å². The molecule has 1 aliphatic carbocycles. The molecule has 26 heavy (non-hydrogen) atoms. The molecule has 3 nitrogen and oxygen atoms in total. The van der Waals surface area contributed by atoms with Crippen LogP contribution in [0.3, 0.4) is 0 Å². The number of aryl methyl sites for hydroxylation is 1. The molecule has 1 aromatic carbocycles. The molecular weight excluding hydrogens is 320 g/mol. The second-order valence-electron chi connectivity index (χ2n) is 7.71. The summed E-state index contributed by atoms with van der Waals surface area (Å²) in [5, 5.41) is 0. The van der Waals surface area contributed by atoms with Crippen molar-refractivity contribution in [2.45, 2.75) is 64.7 Å². The van der Waals surface area contributed by atoms with Crippen LogP contribution in [0.5, 0.6) is 5.75 Å². The van der Waals surface area contributed by atoms with Crippen LogP contribution >= 0.6 is 0 Å². The third-order valence-electron chi connectivity index (χ3n) is 5.85. The Hall–Kier alpha value is -1.90. The van der Waals surface area contributed by atoms with Crippen molar-refractivity contribution < 1.29 is 4.74 Å². The first-order valence-electron chi connectivity index (χ1n) is 10.2. The second kappa shape index (κ2) is 9.70. The minimum Gasteiger partial charge on any atom is -0.494 e. The van der Waals surface area contributed by atoms with Crippen LogP contribution in [0.4, 0.5) is 0 Å². The van der Waals surface area contributed by atoms with Gasteiger partial charge in [-0.2, -0.15) is 0 Å². The molecule has 2 aromatic rings. The molecule has 1 aliphatic rings. The SMILES string of the molecule is CCCC[C@H]1CC[C@H](CCc2ccc(-c3ncc(OC)cn3)cc2)CC1. The summed E-state index contributed by atoms with van der Waals surface area (Å²) in [5.41, 5.74) is 2.49. The molecule has 0 saturated heterocycles. The van der Waals surface area contributed by atoms with Gasteiger partial charge in [0.2, 0.25) is 0 Å². The highest BCUT2D eigenvalue weighted by atomic mass is 16.5. The third kappa shape index (κ3) is 5.30. The van der Waals surface area contributed by atoms with Crippen molar-refractivity contribution in [3.05, 3.63) is 42.2 Å². The van der Waals surface area contributed by atoms with Gasteiger partial charge < -0.3 is 4.74 Å². The molecule has 0 aliphatic heterocycles. The number of nitrogens with zero attached hydrogens (tertiary/aromatic N) is 2. The average molecular weight is 353 g/mol. The summed E-state index contributed by atoms with van der Waals surface area (Å²) in [7, 11) is 1.63. The molecule has 3 heteroatoms. The second-order valence-corrected chi connectivity index (χ2v) is 7.71. The number of hydrogen-bond acceptors (Lipinski definition) is 3. The molecule has 1 heterocycles. The lowest BCUT2D eigenvalue weighted by Gasteiger charge is -2.28. The highest BCUT2D eigenvalue weighted by molar-refractivity contribution is 5.55. The lowest BCUT2D eigenvalue weighted by atomic mass is 9.78. The van der Waals surface area contributed by atoms with Gasteiger partial charge in [0.15, 0.2) is 11.6 Å². The molecule has 0 atom stereocenters. The van der Waals surface area contributed by atoms with Crippen molar-refractivity contribution in [3.8, 4) is 17.1 Å². The van der Waals surface area contributed by atoms with E-state index < -0.39 is 0 Å². The van der Waals surface area contributed by atoms with Crippen molar-refractivity contribution in [1.82, 2.24) is 9.97 Å². The highest BCUT2D eigenvalue weighted by Crippen LogP contribution is 2.34. The van der Waals surface area contributed by atoms with E-state index in [0.717, 1.165) is 23.2 Å². The largest absolute Gasteiger partial charge is 0.494 e. The Kier molecular flexibility index (Phi) is 7.04. The quantitative estimate of drug-likeness (QED) is 0.577. The predicted octanol–water partition coefficient (Wildman–Crippen LogP) is 6.08. The van der Waals surface area contributed by atoms with E-state index >= 15 is 0 Å². The van der Waals surface area contributed by atoms with Crippen LogP contribution in [-0.2, 0) is 6.42 Å². The number of benzene rings is 1. The van der Waals surface area contributed by atoms with Gasteiger partial charge in [0.05, 0.1) is 19.5 Å². The van der Waals surface area contributed by atoms with Crippen LogP contribution in [0.2, 0.25) is 0 Å². The van der Waals surface area contributed by atoms with Gasteiger partial charge in [-0.1, -0.05) is 76.1 Å². The topological polar surface area (TPSA) is 35.0 Å². The van der Waals surface area contributed by atoms with Crippen LogP contribution in [-0.4, -0.2) is 17.1 Å². The number of aromatic nitrogens is 2. The van der Waals surface area contributed by atoms with Crippen LogP contribution in [0.1, 0.15) is 63.9 Å². The summed E-state index contributed by atoms with van der Waals surface area (Å²) >= 11 is 0. The Bertz CT molecular complexity index is 643. The molecular formula is C23H32N2O. The Morgan fingerprint density at radius 1 is 0.923 bits per heavy atom. The van der Waals surface area contributed by atoms with Crippen LogP contribution in [0.25, 0.3) is 11.4 Å². The van der Waals surface area contributed by atoms with Gasteiger partial charge in [0.25, 0.3) is 0 Å². The first-order valence-corrected chi connectivity index (χ1v) is 10.2. The van der Waals surface area contributed by atoms with E-state index in [1.165, 1.54) is 63.4 Å². The molecule has 1 saturated carbocycles. The maximum absolute atomic E-state index is 5.11. The summed E-state index contributed by atoms with van der Waals surface area (Å²) in [6.07, 6.45) is 16.0. The van der Waals surface area contributed by atoms with Crippen molar-refractivity contribution in [2.24, 2.45) is 11.8 Å². The number of methoxy groups -OCH3 is 1. The van der Waals surface area contributed by atoms with E-state index in [4.69, 9.17) is 4.74 Å². The summed E-state index contributed by atoms with van der Waals surface area (Å²) < 4.78 is 5.11. The van der Waals surface area contributed by atoms with Crippen molar-refractivity contribution in [2.75, 3.05) is 7.11 Å². The van der Waals surface area contributed by atoms with Crippen molar-refractivity contribution >= 4 is 0 Å². The van der Waals surface area contributed by atoms with Gasteiger partial charge in [-0.25, -0.2) is 9.97 Å². The first kappa shape index (κ1) is 18.9. The Labute approximate surface area is 158 Å². The minimum atomic E-state index is 0.690. The van der Waals surface area contributed by atoms with E-state index in [9.17, 15) is 0 Å². The van der Waals surface area contributed by atoms with Gasteiger partial charge in [-0.3, -0.25) is 0 Å². The summed E-state index contributed by atoms with van der Waals surface area (Å²) in [5.74, 6) is 3.38. The normalized spacial score (nSPS) is 20.1. The monoisotopic (exact) mass is 352 g/mol. The van der Waals surface area contributed by atoms with Crippen LogP contribution in [0.15, 0.2) is 36.7 Å². The molecule has 0 N–H and O–H groups in total. The molecule has 140 valence electrons. The molecule has 1 fully saturated rings. The molecule has 0 bridgehead atoms. The minimum absolute atomic E-state index is 0.690. The lowest BCUT2D eigenvalue weighted by molar-refractivity contribution is 0.250. The molecule has 3 rings (SSSR count). The molecule has 0 unspecified atom stereocenters. The number of unbranched alkanes of at least 4 members (excludes halogenated alkanes) is 1. The summed E-state index contributed by atoms with van der Waals surface area (Å²) in [6, 6.07) is 8.74. The standard InChI is InChI=1S/C23H32N2O/c1-3-4-5-18-6-8-19(9-7-18)10-11-20-12-14-21(15-13-20)23-24-16-22(26-2)17-25-23/h12-19H,3-11H2,1-2H3/t18-,19-. The first-order chi connectivity index (χ1) is 12.8.